The van der Waals surface area contributed by atoms with Crippen LogP contribution < -0.4 is 5.32 Å². The Morgan fingerprint density at radius 2 is 2.36 bits per heavy atom. The first kappa shape index (κ1) is 8.79. The molecule has 1 nitrogen and oxygen atoms in total. The predicted octanol–water partition coefficient (Wildman–Crippen LogP) is 2.34. The highest BCUT2D eigenvalue weighted by Crippen LogP contribution is 2.28. The second-order valence-corrected chi connectivity index (χ2v) is 3.53. The average molecular weight is 153 g/mol. The second-order valence-electron chi connectivity index (χ2n) is 3.53. The van der Waals surface area contributed by atoms with Crippen molar-refractivity contribution < 1.29 is 0 Å². The lowest BCUT2D eigenvalue weighted by Crippen LogP contribution is -2.21. The summed E-state index contributed by atoms with van der Waals surface area (Å²) in [5.41, 5.74) is 0. The number of hydrogen-bond acceptors (Lipinski definition) is 1. The standard InChI is InChI=1S/C10H19N/c1-3-4-5-9-6-7-10(8-9)11-2/h3,9-11H,1,4-8H2,2H3. The van der Waals surface area contributed by atoms with E-state index in [1.807, 2.05) is 6.08 Å². The van der Waals surface area contributed by atoms with Crippen LogP contribution in [0.3, 0.4) is 0 Å². The molecule has 1 heteroatoms. The van der Waals surface area contributed by atoms with Gasteiger partial charge in [-0.15, -0.1) is 6.58 Å². The van der Waals surface area contributed by atoms with Crippen LogP contribution in [-0.2, 0) is 0 Å². The highest BCUT2D eigenvalue weighted by molar-refractivity contribution is 4.81. The van der Waals surface area contributed by atoms with E-state index >= 15 is 0 Å². The fourth-order valence-corrected chi connectivity index (χ4v) is 1.95. The minimum atomic E-state index is 0.796. The molecule has 0 amide bonds. The Hall–Kier alpha value is -0.300. The highest BCUT2D eigenvalue weighted by Gasteiger charge is 2.21. The summed E-state index contributed by atoms with van der Waals surface area (Å²) >= 11 is 0. The zero-order valence-electron chi connectivity index (χ0n) is 7.47. The van der Waals surface area contributed by atoms with Crippen LogP contribution in [0, 0.1) is 5.92 Å². The van der Waals surface area contributed by atoms with Gasteiger partial charge in [-0.25, -0.2) is 0 Å². The average Bonchev–Trinajstić information content (AvgIpc) is 2.48. The van der Waals surface area contributed by atoms with Crippen molar-refractivity contribution >= 4 is 0 Å². The van der Waals surface area contributed by atoms with E-state index in [4.69, 9.17) is 0 Å². The van der Waals surface area contributed by atoms with E-state index in [0.29, 0.717) is 0 Å². The molecule has 0 aromatic rings. The zero-order chi connectivity index (χ0) is 8.10. The predicted molar refractivity (Wildman–Crippen MR) is 49.6 cm³/mol. The van der Waals surface area contributed by atoms with Gasteiger partial charge in [0.2, 0.25) is 0 Å². The van der Waals surface area contributed by atoms with E-state index in [9.17, 15) is 0 Å². The molecule has 1 aliphatic rings. The van der Waals surface area contributed by atoms with E-state index in [2.05, 4.69) is 18.9 Å². The topological polar surface area (TPSA) is 12.0 Å². The summed E-state index contributed by atoms with van der Waals surface area (Å²) in [6.45, 7) is 3.75. The first-order chi connectivity index (χ1) is 5.36. The van der Waals surface area contributed by atoms with Crippen molar-refractivity contribution in [2.24, 2.45) is 5.92 Å². The lowest BCUT2D eigenvalue weighted by atomic mass is 10.0. The number of rotatable bonds is 4. The lowest BCUT2D eigenvalue weighted by Gasteiger charge is -2.08. The molecule has 0 aliphatic heterocycles. The molecular formula is C10H19N. The maximum atomic E-state index is 3.75. The van der Waals surface area contributed by atoms with E-state index in [1.165, 1.54) is 32.1 Å². The molecule has 1 fully saturated rings. The first-order valence-corrected chi connectivity index (χ1v) is 4.65. The van der Waals surface area contributed by atoms with Gasteiger partial charge in [0, 0.05) is 6.04 Å². The van der Waals surface area contributed by atoms with Crippen molar-refractivity contribution in [1.82, 2.24) is 5.32 Å². The molecule has 1 rings (SSSR count). The summed E-state index contributed by atoms with van der Waals surface area (Å²) in [4.78, 5) is 0. The Morgan fingerprint density at radius 1 is 1.55 bits per heavy atom. The summed E-state index contributed by atoms with van der Waals surface area (Å²) in [5, 5.41) is 3.34. The zero-order valence-corrected chi connectivity index (χ0v) is 7.47. The number of allylic oxidation sites excluding steroid dienone is 1. The van der Waals surface area contributed by atoms with Gasteiger partial charge in [0.15, 0.2) is 0 Å². The molecule has 64 valence electrons. The van der Waals surface area contributed by atoms with Gasteiger partial charge >= 0.3 is 0 Å². The Bertz CT molecular complexity index is 120. The summed E-state index contributed by atoms with van der Waals surface area (Å²) in [5.74, 6) is 0.963. The number of hydrogen-bond donors (Lipinski definition) is 1. The Labute approximate surface area is 69.9 Å². The van der Waals surface area contributed by atoms with Crippen molar-refractivity contribution in [2.75, 3.05) is 7.05 Å². The van der Waals surface area contributed by atoms with Crippen molar-refractivity contribution in [3.63, 3.8) is 0 Å². The van der Waals surface area contributed by atoms with Gasteiger partial charge in [-0.2, -0.15) is 0 Å². The largest absolute Gasteiger partial charge is 0.317 e. The Kier molecular flexibility index (Phi) is 3.64. The molecule has 1 aliphatic carbocycles. The van der Waals surface area contributed by atoms with Crippen LogP contribution in [0.2, 0.25) is 0 Å². The van der Waals surface area contributed by atoms with Gasteiger partial charge in [-0.1, -0.05) is 6.08 Å². The molecule has 0 spiro atoms. The maximum Gasteiger partial charge on any atom is 0.00668 e. The molecule has 2 atom stereocenters. The Balaban J connectivity index is 2.13. The monoisotopic (exact) mass is 153 g/mol. The molecule has 1 N–H and O–H groups in total. The van der Waals surface area contributed by atoms with E-state index in [-0.39, 0.29) is 0 Å². The molecule has 11 heavy (non-hydrogen) atoms. The van der Waals surface area contributed by atoms with Crippen LogP contribution in [0.5, 0.6) is 0 Å². The van der Waals surface area contributed by atoms with Crippen molar-refractivity contribution in [3.8, 4) is 0 Å². The third kappa shape index (κ3) is 2.66. The molecule has 0 saturated heterocycles. The SMILES string of the molecule is C=CCCC1CCC(NC)C1. The van der Waals surface area contributed by atoms with Gasteiger partial charge in [0.1, 0.15) is 0 Å². The molecular weight excluding hydrogens is 134 g/mol. The molecule has 0 bridgehead atoms. The fraction of sp³-hybridized carbons (Fsp3) is 0.800. The molecule has 0 aromatic carbocycles. The van der Waals surface area contributed by atoms with Crippen LogP contribution >= 0.6 is 0 Å². The smallest absolute Gasteiger partial charge is 0.00668 e. The number of nitrogens with one attached hydrogen (secondary N) is 1. The second kappa shape index (κ2) is 4.55. The quantitative estimate of drug-likeness (QED) is 0.611. The Morgan fingerprint density at radius 3 is 2.91 bits per heavy atom. The summed E-state index contributed by atoms with van der Waals surface area (Å²) < 4.78 is 0. The molecule has 0 heterocycles. The molecule has 2 unspecified atom stereocenters. The van der Waals surface area contributed by atoms with Crippen molar-refractivity contribution in [1.29, 1.82) is 0 Å². The van der Waals surface area contributed by atoms with Crippen LogP contribution in [-0.4, -0.2) is 13.1 Å². The molecule has 1 saturated carbocycles. The summed E-state index contributed by atoms with van der Waals surface area (Å²) in [6.07, 6.45) is 8.75. The highest BCUT2D eigenvalue weighted by atomic mass is 14.9. The van der Waals surface area contributed by atoms with E-state index in [1.54, 1.807) is 0 Å². The van der Waals surface area contributed by atoms with Gasteiger partial charge in [0.05, 0.1) is 0 Å². The van der Waals surface area contributed by atoms with Gasteiger partial charge in [0.25, 0.3) is 0 Å². The van der Waals surface area contributed by atoms with Crippen LogP contribution in [0.1, 0.15) is 32.1 Å². The normalized spacial score (nSPS) is 30.6. The van der Waals surface area contributed by atoms with Crippen LogP contribution in [0.4, 0.5) is 0 Å². The first-order valence-electron chi connectivity index (χ1n) is 4.65. The molecule has 0 aromatic heterocycles. The minimum absolute atomic E-state index is 0.796. The van der Waals surface area contributed by atoms with E-state index < -0.39 is 0 Å². The molecule has 0 radical (unpaired) electrons. The minimum Gasteiger partial charge on any atom is -0.317 e. The van der Waals surface area contributed by atoms with Gasteiger partial charge in [-0.05, 0) is 45.1 Å². The van der Waals surface area contributed by atoms with Crippen LogP contribution in [0.15, 0.2) is 12.7 Å². The third-order valence-electron chi connectivity index (χ3n) is 2.73. The van der Waals surface area contributed by atoms with Gasteiger partial charge in [-0.3, -0.25) is 0 Å². The lowest BCUT2D eigenvalue weighted by molar-refractivity contribution is 0.483. The van der Waals surface area contributed by atoms with Crippen molar-refractivity contribution in [2.45, 2.75) is 38.1 Å². The van der Waals surface area contributed by atoms with Crippen molar-refractivity contribution in [3.05, 3.63) is 12.7 Å². The van der Waals surface area contributed by atoms with Gasteiger partial charge < -0.3 is 5.32 Å². The maximum absolute atomic E-state index is 3.75. The van der Waals surface area contributed by atoms with E-state index in [0.717, 1.165) is 12.0 Å². The summed E-state index contributed by atoms with van der Waals surface area (Å²) in [7, 11) is 2.07. The third-order valence-corrected chi connectivity index (χ3v) is 2.73. The van der Waals surface area contributed by atoms with Crippen LogP contribution in [0.25, 0.3) is 0 Å². The summed E-state index contributed by atoms with van der Waals surface area (Å²) in [6, 6.07) is 0.796. The fourth-order valence-electron chi connectivity index (χ4n) is 1.95.